The summed E-state index contributed by atoms with van der Waals surface area (Å²) >= 11 is 0. The molecule has 3 fully saturated rings. The number of nitrogens with zero attached hydrogens (tertiary/aromatic N) is 8. The van der Waals surface area contributed by atoms with Crippen LogP contribution < -0.4 is 0 Å². The Morgan fingerprint density at radius 2 is 1.40 bits per heavy atom. The van der Waals surface area contributed by atoms with Gasteiger partial charge in [0.25, 0.3) is 5.91 Å². The fourth-order valence-corrected chi connectivity index (χ4v) is 9.70. The summed E-state index contributed by atoms with van der Waals surface area (Å²) in [5, 5.41) is 9.88. The Balaban J connectivity index is 0.893. The van der Waals surface area contributed by atoms with Gasteiger partial charge >= 0.3 is 6.09 Å². The maximum absolute atomic E-state index is 14.6. The number of oxazole rings is 1. The van der Waals surface area contributed by atoms with Crippen LogP contribution in [0.5, 0.6) is 0 Å². The molecule has 3 saturated heterocycles. The van der Waals surface area contributed by atoms with Crippen LogP contribution in [-0.2, 0) is 9.59 Å². The number of imidazole rings is 2. The molecule has 322 valence electrons. The highest BCUT2D eigenvalue weighted by atomic mass is 16.4. The number of likely N-dealkylation sites (tertiary alicyclic amines) is 2. The van der Waals surface area contributed by atoms with Gasteiger partial charge in [-0.3, -0.25) is 19.4 Å². The van der Waals surface area contributed by atoms with E-state index in [1.165, 1.54) is 7.05 Å². The number of H-pyrrole nitrogens is 2. The Kier molecular flexibility index (Phi) is 10.7. The zero-order valence-electron chi connectivity index (χ0n) is 35.4. The third kappa shape index (κ3) is 7.61. The highest BCUT2D eigenvalue weighted by Gasteiger charge is 2.41. The summed E-state index contributed by atoms with van der Waals surface area (Å²) in [6.45, 7) is 4.67. The minimum Gasteiger partial charge on any atom is -0.465 e. The molecule has 0 saturated carbocycles. The van der Waals surface area contributed by atoms with E-state index in [9.17, 15) is 19.5 Å². The fourth-order valence-electron chi connectivity index (χ4n) is 9.70. The number of piperazine rings is 1. The number of rotatable bonds is 10. The summed E-state index contributed by atoms with van der Waals surface area (Å²) in [6, 6.07) is 29.0. The maximum Gasteiger partial charge on any atom is 0.407 e. The molecule has 3 N–H and O–H groups in total. The lowest BCUT2D eigenvalue weighted by Gasteiger charge is -2.39. The van der Waals surface area contributed by atoms with Crippen LogP contribution in [0.4, 0.5) is 4.79 Å². The van der Waals surface area contributed by atoms with Gasteiger partial charge in [0.15, 0.2) is 5.76 Å². The van der Waals surface area contributed by atoms with Crippen molar-refractivity contribution in [2.75, 3.05) is 53.4 Å². The third-order valence-corrected chi connectivity index (χ3v) is 13.0. The number of likely N-dealkylation sites (N-methyl/N-ethyl adjacent to an activating group) is 2. The van der Waals surface area contributed by atoms with Crippen LogP contribution >= 0.6 is 0 Å². The number of aromatic amines is 2. The molecule has 63 heavy (non-hydrogen) atoms. The van der Waals surface area contributed by atoms with Crippen LogP contribution in [0.1, 0.15) is 72.6 Å². The predicted molar refractivity (Wildman–Crippen MR) is 237 cm³/mol. The topological polar surface area (TPSA) is 171 Å². The van der Waals surface area contributed by atoms with Crippen molar-refractivity contribution in [2.24, 2.45) is 0 Å². The second-order valence-electron chi connectivity index (χ2n) is 16.9. The summed E-state index contributed by atoms with van der Waals surface area (Å²) in [7, 11) is 3.56. The van der Waals surface area contributed by atoms with E-state index in [0.717, 1.165) is 89.4 Å². The number of amides is 3. The lowest BCUT2D eigenvalue weighted by atomic mass is 10.0. The summed E-state index contributed by atoms with van der Waals surface area (Å²) < 4.78 is 6.45. The minimum atomic E-state index is -1.18. The van der Waals surface area contributed by atoms with Crippen molar-refractivity contribution in [1.29, 1.82) is 0 Å². The predicted octanol–water partition coefficient (Wildman–Crippen LogP) is 7.43. The average molecular weight is 847 g/mol. The van der Waals surface area contributed by atoms with E-state index in [2.05, 4.69) is 38.9 Å². The molecule has 4 atom stereocenters. The molecule has 0 aliphatic carbocycles. The zero-order chi connectivity index (χ0) is 43.2. The van der Waals surface area contributed by atoms with Gasteiger partial charge in [-0.1, -0.05) is 66.7 Å². The van der Waals surface area contributed by atoms with Crippen molar-refractivity contribution in [3.8, 4) is 22.8 Å². The van der Waals surface area contributed by atoms with Crippen LogP contribution in [0.2, 0.25) is 0 Å². The largest absolute Gasteiger partial charge is 0.465 e. The van der Waals surface area contributed by atoms with Gasteiger partial charge < -0.3 is 34.2 Å². The van der Waals surface area contributed by atoms with Crippen LogP contribution in [0.3, 0.4) is 0 Å². The normalized spacial score (nSPS) is 19.5. The molecule has 0 spiro atoms. The number of hydrogen-bond donors (Lipinski definition) is 3. The van der Waals surface area contributed by atoms with Gasteiger partial charge in [-0.2, -0.15) is 0 Å². The van der Waals surface area contributed by atoms with Crippen molar-refractivity contribution in [3.05, 3.63) is 126 Å². The smallest absolute Gasteiger partial charge is 0.407 e. The quantitative estimate of drug-likeness (QED) is 0.126. The maximum atomic E-state index is 14.6. The Bertz CT molecular complexity index is 2780. The first kappa shape index (κ1) is 40.2. The molecule has 15 nitrogen and oxygen atoms in total. The molecule has 3 aliphatic heterocycles. The number of fused-ring (bicyclic) bond motifs is 2. The molecule has 0 bridgehead atoms. The van der Waals surface area contributed by atoms with Gasteiger partial charge in [0.1, 0.15) is 29.2 Å². The van der Waals surface area contributed by atoms with Gasteiger partial charge in [-0.25, -0.2) is 19.7 Å². The van der Waals surface area contributed by atoms with Crippen molar-refractivity contribution in [2.45, 2.75) is 49.9 Å². The molecule has 0 radical (unpaired) electrons. The second kappa shape index (κ2) is 16.8. The van der Waals surface area contributed by atoms with Crippen LogP contribution in [0, 0.1) is 0 Å². The Hall–Kier alpha value is -6.84. The van der Waals surface area contributed by atoms with E-state index in [1.807, 2.05) is 65.6 Å². The van der Waals surface area contributed by atoms with E-state index in [1.54, 1.807) is 35.4 Å². The minimum absolute atomic E-state index is 0.113. The van der Waals surface area contributed by atoms with Crippen molar-refractivity contribution in [1.82, 2.24) is 49.4 Å². The van der Waals surface area contributed by atoms with E-state index in [0.29, 0.717) is 48.1 Å². The van der Waals surface area contributed by atoms with Crippen molar-refractivity contribution in [3.63, 3.8) is 0 Å². The zero-order valence-corrected chi connectivity index (χ0v) is 35.4. The van der Waals surface area contributed by atoms with Crippen LogP contribution in [0.15, 0.2) is 108 Å². The summed E-state index contributed by atoms with van der Waals surface area (Å²) in [4.78, 5) is 72.1. The number of carbonyl (C=O) groups is 3. The fraction of sp³-hybridized carbons (Fsp3) is 0.333. The molecule has 0 unspecified atom stereocenters. The highest BCUT2D eigenvalue weighted by Crippen LogP contribution is 2.39. The van der Waals surface area contributed by atoms with Crippen LogP contribution in [0.25, 0.3) is 44.8 Å². The first-order valence-electron chi connectivity index (χ1n) is 21.8. The standard InChI is InChI=1S/C48H50N10O5/c1-54-24-26-56(27-25-54)42(31-14-7-4-8-15-31)47(60)58-23-11-19-38(58)44-51-35-17-9-16-33(40(35)53-44)45-49-29-39(63-45)32-20-21-34-36(28-32)52-43(50-34)37-18-10-22-57(37)46(59)41(55(2)48(61)62)30-12-5-3-6-13-30/h3-9,12-17,20-21,28-29,37-38,41-42H,10-11,18-19,22-27H2,1-2H3,(H,50,52)(H,51,53)(H,61,62)/t37-,38-,41+,42+/m0/s1. The number of aromatic nitrogens is 5. The molecule has 3 amide bonds. The molecule has 4 aromatic carbocycles. The Labute approximate surface area is 364 Å². The lowest BCUT2D eigenvalue weighted by molar-refractivity contribution is -0.139. The summed E-state index contributed by atoms with van der Waals surface area (Å²) in [5.74, 6) is 2.22. The lowest BCUT2D eigenvalue weighted by Crippen LogP contribution is -2.50. The van der Waals surface area contributed by atoms with Crippen molar-refractivity contribution >= 4 is 40.0 Å². The van der Waals surface area contributed by atoms with E-state index in [4.69, 9.17) is 19.4 Å². The second-order valence-corrected chi connectivity index (χ2v) is 16.9. The molecular formula is C48H50N10O5. The molecule has 3 aliphatic rings. The molecule has 6 heterocycles. The third-order valence-electron chi connectivity index (χ3n) is 13.0. The Morgan fingerprint density at radius 1 is 0.746 bits per heavy atom. The number of nitrogens with one attached hydrogen (secondary N) is 2. The monoisotopic (exact) mass is 846 g/mol. The molecule has 3 aromatic heterocycles. The van der Waals surface area contributed by atoms with Gasteiger partial charge in [0.2, 0.25) is 11.8 Å². The van der Waals surface area contributed by atoms with Gasteiger partial charge in [-0.05, 0) is 74.2 Å². The summed E-state index contributed by atoms with van der Waals surface area (Å²) in [5.41, 5.74) is 6.25. The van der Waals surface area contributed by atoms with Gasteiger partial charge in [0.05, 0.1) is 40.4 Å². The van der Waals surface area contributed by atoms with E-state index < -0.39 is 12.1 Å². The van der Waals surface area contributed by atoms with Crippen LogP contribution in [-0.4, -0.2) is 126 Å². The first-order valence-corrected chi connectivity index (χ1v) is 21.8. The molecule has 10 rings (SSSR count). The van der Waals surface area contributed by atoms with Gasteiger partial charge in [0, 0.05) is 51.9 Å². The first-order chi connectivity index (χ1) is 30.7. The summed E-state index contributed by atoms with van der Waals surface area (Å²) in [6.07, 6.45) is 3.70. The van der Waals surface area contributed by atoms with Crippen molar-refractivity contribution < 1.29 is 23.9 Å². The number of carboxylic acid groups (broad SMARTS) is 1. The number of carbonyl (C=O) groups excluding carboxylic acids is 2. The average Bonchev–Trinajstić information content (AvgIpc) is 4.17. The molecule has 15 heteroatoms. The SMILES string of the molecule is CN1CCN([C@@H](C(=O)N2CCC[C@H]2c2nc3c(-c4ncc(-c5ccc6[nH]c([C@@H]7CCCN7C(=O)[C@@H](c7ccccc7)N(C)C(=O)O)nc6c5)o4)cccc3[nH]2)c2ccccc2)CC1. The number of para-hydroxylation sites is 1. The molecular weight excluding hydrogens is 797 g/mol. The van der Waals surface area contributed by atoms with E-state index in [-0.39, 0.29) is 29.9 Å². The highest BCUT2D eigenvalue weighted by molar-refractivity contribution is 5.91. The molecule has 7 aromatic rings. The Morgan fingerprint density at radius 3 is 2.10 bits per heavy atom. The number of benzene rings is 4. The van der Waals surface area contributed by atoms with Gasteiger partial charge in [-0.15, -0.1) is 0 Å². The number of hydrogen-bond acceptors (Lipinski definition) is 9. The van der Waals surface area contributed by atoms with E-state index >= 15 is 0 Å².